The molecule has 1 heterocycles. The van der Waals surface area contributed by atoms with E-state index in [0.717, 1.165) is 0 Å². The Bertz CT molecular complexity index is 712. The Hall–Kier alpha value is -2.26. The van der Waals surface area contributed by atoms with Crippen LogP contribution in [0, 0.1) is 0 Å². The Kier molecular flexibility index (Phi) is 7.53. The number of aromatic nitrogens is 1. The minimum absolute atomic E-state index is 0.0778. The highest BCUT2D eigenvalue weighted by Gasteiger charge is 2.13. The predicted molar refractivity (Wildman–Crippen MR) is 81.9 cm³/mol. The molecule has 0 aliphatic carbocycles. The van der Waals surface area contributed by atoms with Gasteiger partial charge in [-0.25, -0.2) is 22.6 Å². The molecule has 0 atom stereocenters. The Morgan fingerprint density at radius 2 is 1.96 bits per heavy atom. The number of aryl methyl sites for hydroxylation is 1. The van der Waals surface area contributed by atoms with Crippen LogP contribution in [-0.2, 0) is 30.9 Å². The topological polar surface area (TPSA) is 114 Å². The summed E-state index contributed by atoms with van der Waals surface area (Å²) in [6.07, 6.45) is 3.27. The molecule has 1 rings (SSSR count). The van der Waals surface area contributed by atoms with Crippen molar-refractivity contribution in [2.45, 2.75) is 19.9 Å². The first-order valence-electron chi connectivity index (χ1n) is 7.11. The molecule has 132 valence electrons. The Morgan fingerprint density at radius 3 is 2.58 bits per heavy atom. The van der Waals surface area contributed by atoms with E-state index in [0.29, 0.717) is 0 Å². The van der Waals surface area contributed by atoms with E-state index in [4.69, 9.17) is 9.47 Å². The average molecular weight is 357 g/mol. The highest BCUT2D eigenvalue weighted by molar-refractivity contribution is 7.85. The summed E-state index contributed by atoms with van der Waals surface area (Å²) in [7, 11) is -4.25. The Balaban J connectivity index is 2.46. The maximum absolute atomic E-state index is 11.9. The molecule has 0 spiro atoms. The van der Waals surface area contributed by atoms with Crippen LogP contribution in [0.25, 0.3) is 0 Å². The highest BCUT2D eigenvalue weighted by atomic mass is 32.2. The van der Waals surface area contributed by atoms with Gasteiger partial charge in [0.15, 0.2) is 12.4 Å². The third-order valence-electron chi connectivity index (χ3n) is 2.80. The van der Waals surface area contributed by atoms with Crippen LogP contribution in [-0.4, -0.2) is 43.9 Å². The lowest BCUT2D eigenvalue weighted by Crippen LogP contribution is -2.35. The maximum atomic E-state index is 11.9. The lowest BCUT2D eigenvalue weighted by atomic mass is 10.3. The van der Waals surface area contributed by atoms with Crippen molar-refractivity contribution in [1.82, 2.24) is 0 Å². The van der Waals surface area contributed by atoms with Crippen LogP contribution < -0.4 is 4.57 Å². The predicted octanol–water partition coefficient (Wildman–Crippen LogP) is 0.186. The van der Waals surface area contributed by atoms with E-state index in [-0.39, 0.29) is 37.3 Å². The van der Waals surface area contributed by atoms with E-state index in [9.17, 15) is 22.6 Å². The van der Waals surface area contributed by atoms with Gasteiger partial charge in [0, 0.05) is 23.8 Å². The molecular formula is C15H19NO7S. The van der Waals surface area contributed by atoms with E-state index in [1.54, 1.807) is 16.8 Å². The molecule has 1 aromatic rings. The molecule has 0 fully saturated rings. The van der Waals surface area contributed by atoms with Crippen LogP contribution in [0.2, 0.25) is 0 Å². The minimum atomic E-state index is -4.25. The molecule has 0 aliphatic rings. The number of pyridine rings is 1. The smallest absolute Gasteiger partial charge is 0.344 e. The average Bonchev–Trinajstić information content (AvgIpc) is 2.50. The second-order valence-corrected chi connectivity index (χ2v) is 6.52. The Morgan fingerprint density at radius 1 is 1.29 bits per heavy atom. The molecule has 0 saturated heterocycles. The summed E-state index contributed by atoms with van der Waals surface area (Å²) < 4.78 is 43.0. The third kappa shape index (κ3) is 7.84. The third-order valence-corrected chi connectivity index (χ3v) is 3.59. The van der Waals surface area contributed by atoms with Crippen molar-refractivity contribution in [3.8, 4) is 0 Å². The second kappa shape index (κ2) is 9.14. The van der Waals surface area contributed by atoms with E-state index in [2.05, 4.69) is 6.58 Å². The van der Waals surface area contributed by atoms with Crippen LogP contribution in [0.15, 0.2) is 36.7 Å². The minimum Gasteiger partial charge on any atom is -0.748 e. The van der Waals surface area contributed by atoms with Crippen LogP contribution >= 0.6 is 0 Å². The lowest BCUT2D eigenvalue weighted by molar-refractivity contribution is -0.697. The van der Waals surface area contributed by atoms with Gasteiger partial charge in [-0.3, -0.25) is 0 Å². The molecule has 8 nitrogen and oxygen atoms in total. The molecule has 1 aromatic heterocycles. The highest BCUT2D eigenvalue weighted by Crippen LogP contribution is 1.99. The molecule has 0 amide bonds. The van der Waals surface area contributed by atoms with E-state index >= 15 is 0 Å². The second-order valence-electron chi connectivity index (χ2n) is 5.00. The van der Waals surface area contributed by atoms with Crippen LogP contribution in [0.5, 0.6) is 0 Å². The summed E-state index contributed by atoms with van der Waals surface area (Å²) >= 11 is 0. The molecule has 0 N–H and O–H groups in total. The van der Waals surface area contributed by atoms with E-state index in [1.807, 2.05) is 0 Å². The quantitative estimate of drug-likeness (QED) is 0.204. The number of carbonyl (C=O) groups is 2. The van der Waals surface area contributed by atoms with Crippen molar-refractivity contribution in [2.24, 2.45) is 0 Å². The van der Waals surface area contributed by atoms with Crippen LogP contribution in [0.4, 0.5) is 0 Å². The number of nitrogens with zero attached hydrogens (tertiary/aromatic N) is 1. The van der Waals surface area contributed by atoms with Gasteiger partial charge in [0.25, 0.3) is 0 Å². The summed E-state index contributed by atoms with van der Waals surface area (Å²) in [5, 5.41) is 0. The monoisotopic (exact) mass is 357 g/mol. The number of carbonyl (C=O) groups excluding carboxylic acids is 2. The number of ether oxygens (including phenoxy) is 2. The molecule has 0 bridgehead atoms. The molecule has 0 unspecified atom stereocenters. The number of esters is 2. The summed E-state index contributed by atoms with van der Waals surface area (Å²) in [6.45, 7) is 5.04. The molecule has 0 radical (unpaired) electrons. The molecule has 0 aliphatic heterocycles. The van der Waals surface area contributed by atoms with E-state index in [1.165, 1.54) is 19.2 Å². The van der Waals surface area contributed by atoms with E-state index < -0.39 is 27.8 Å². The van der Waals surface area contributed by atoms with Gasteiger partial charge in [-0.2, -0.15) is 0 Å². The van der Waals surface area contributed by atoms with Crippen molar-refractivity contribution < 1.29 is 36.6 Å². The molecule has 0 saturated carbocycles. The van der Waals surface area contributed by atoms with Gasteiger partial charge < -0.3 is 14.0 Å². The van der Waals surface area contributed by atoms with Gasteiger partial charge in [-0.05, 0) is 13.0 Å². The molecule has 0 aromatic carbocycles. The zero-order valence-electron chi connectivity index (χ0n) is 13.3. The molecule has 24 heavy (non-hydrogen) atoms. The first-order valence-corrected chi connectivity index (χ1v) is 8.69. The van der Waals surface area contributed by atoms with Crippen LogP contribution in [0.1, 0.15) is 23.7 Å². The molecular weight excluding hydrogens is 338 g/mol. The zero-order valence-corrected chi connectivity index (χ0v) is 14.1. The largest absolute Gasteiger partial charge is 0.748 e. The van der Waals surface area contributed by atoms with Crippen molar-refractivity contribution in [3.05, 3.63) is 42.2 Å². The standard InChI is InChI=1S/C15H19NO7S/c1-12(2)14(17)22-8-9-23-15(18)13-5-3-6-16(11-13)7-4-10-24(19,20)21/h3,5-6,11H,1,4,7-10H2,2H3. The fraction of sp³-hybridized carbons (Fsp3) is 0.400. The maximum Gasteiger partial charge on any atom is 0.344 e. The summed E-state index contributed by atoms with van der Waals surface area (Å²) in [4.78, 5) is 23.0. The number of hydrogen-bond acceptors (Lipinski definition) is 7. The summed E-state index contributed by atoms with van der Waals surface area (Å²) in [6, 6.07) is 3.13. The first-order chi connectivity index (χ1) is 11.2. The van der Waals surface area contributed by atoms with Gasteiger partial charge in [-0.1, -0.05) is 6.58 Å². The Labute approximate surface area is 140 Å². The lowest BCUT2D eigenvalue weighted by Gasteiger charge is -2.06. The SMILES string of the molecule is C=C(C)C(=O)OCCOC(=O)c1ccc[n+](CCCS(=O)(=O)[O-])c1. The van der Waals surface area contributed by atoms with Crippen molar-refractivity contribution in [1.29, 1.82) is 0 Å². The van der Waals surface area contributed by atoms with Crippen molar-refractivity contribution in [2.75, 3.05) is 19.0 Å². The van der Waals surface area contributed by atoms with Crippen molar-refractivity contribution >= 4 is 22.1 Å². The van der Waals surface area contributed by atoms with Gasteiger partial charge in [0.05, 0.1) is 10.1 Å². The van der Waals surface area contributed by atoms with Gasteiger partial charge in [0.1, 0.15) is 25.3 Å². The summed E-state index contributed by atoms with van der Waals surface area (Å²) in [5.74, 6) is -1.63. The zero-order chi connectivity index (χ0) is 18.2. The fourth-order valence-corrected chi connectivity index (χ4v) is 2.16. The molecule has 9 heteroatoms. The van der Waals surface area contributed by atoms with Gasteiger partial charge in [0.2, 0.25) is 0 Å². The van der Waals surface area contributed by atoms with Gasteiger partial charge in [-0.15, -0.1) is 0 Å². The summed E-state index contributed by atoms with van der Waals surface area (Å²) in [5.41, 5.74) is 0.513. The normalized spacial score (nSPS) is 10.9. The number of rotatable bonds is 9. The van der Waals surface area contributed by atoms with Gasteiger partial charge >= 0.3 is 11.9 Å². The fourth-order valence-electron chi connectivity index (χ4n) is 1.68. The first kappa shape index (κ1) is 19.8. The van der Waals surface area contributed by atoms with Crippen molar-refractivity contribution in [3.63, 3.8) is 0 Å². The van der Waals surface area contributed by atoms with Crippen LogP contribution in [0.3, 0.4) is 0 Å². The number of hydrogen-bond donors (Lipinski definition) is 0.